The minimum absolute atomic E-state index is 0.142. The third-order valence-electron chi connectivity index (χ3n) is 4.28. The summed E-state index contributed by atoms with van der Waals surface area (Å²) < 4.78 is 0. The van der Waals surface area contributed by atoms with Gasteiger partial charge in [0.1, 0.15) is 11.6 Å². The van der Waals surface area contributed by atoms with Gasteiger partial charge in [-0.25, -0.2) is 0 Å². The molecular weight excluding hydrogens is 348 g/mol. The molecule has 0 aliphatic carbocycles. The largest absolute Gasteiger partial charge is 0.300 e. The van der Waals surface area contributed by atoms with Crippen molar-refractivity contribution in [3.63, 3.8) is 0 Å². The van der Waals surface area contributed by atoms with E-state index in [0.717, 1.165) is 33.6 Å². The summed E-state index contributed by atoms with van der Waals surface area (Å²) in [7, 11) is 0. The molecule has 0 N–H and O–H groups in total. The Hall–Kier alpha value is -3.40. The standard InChI is InChI=1S/C24H22N2O2/c1-17(27)15-19-3-7-21(8-4-19)22-9-13-24(14-10-22)26-25-23-11-5-20(6-12-23)16-18(2)28/h3-14H,15-16H2,1-2H3. The van der Waals surface area contributed by atoms with E-state index in [1.54, 1.807) is 13.8 Å². The van der Waals surface area contributed by atoms with Crippen LogP contribution < -0.4 is 0 Å². The average molecular weight is 370 g/mol. The molecule has 0 saturated carbocycles. The molecule has 0 aliphatic heterocycles. The Balaban J connectivity index is 1.66. The zero-order valence-electron chi connectivity index (χ0n) is 16.1. The molecule has 0 unspecified atom stereocenters. The second kappa shape index (κ2) is 9.00. The lowest BCUT2D eigenvalue weighted by molar-refractivity contribution is -0.117. The molecule has 0 aromatic heterocycles. The predicted octanol–water partition coefficient (Wildman–Crippen LogP) is 6.03. The van der Waals surface area contributed by atoms with Crippen molar-refractivity contribution in [2.75, 3.05) is 0 Å². The highest BCUT2D eigenvalue weighted by Gasteiger charge is 2.01. The van der Waals surface area contributed by atoms with Crippen molar-refractivity contribution in [3.05, 3.63) is 83.9 Å². The Bertz CT molecular complexity index is 986. The van der Waals surface area contributed by atoms with Crippen LogP contribution in [0.2, 0.25) is 0 Å². The van der Waals surface area contributed by atoms with Crippen LogP contribution in [0.1, 0.15) is 25.0 Å². The molecule has 3 aromatic rings. The second-order valence-electron chi connectivity index (χ2n) is 6.87. The number of ketones is 2. The molecular formula is C24H22N2O2. The molecule has 140 valence electrons. The third-order valence-corrected chi connectivity index (χ3v) is 4.28. The lowest BCUT2D eigenvalue weighted by Gasteiger charge is -2.04. The van der Waals surface area contributed by atoms with Crippen molar-refractivity contribution >= 4 is 22.9 Å². The minimum atomic E-state index is 0.142. The summed E-state index contributed by atoms with van der Waals surface area (Å²) in [6, 6.07) is 23.4. The first kappa shape index (κ1) is 19.4. The normalized spacial score (nSPS) is 10.9. The lowest BCUT2D eigenvalue weighted by Crippen LogP contribution is -1.95. The first-order chi connectivity index (χ1) is 13.5. The first-order valence-electron chi connectivity index (χ1n) is 9.18. The van der Waals surface area contributed by atoms with Gasteiger partial charge < -0.3 is 0 Å². The van der Waals surface area contributed by atoms with Crippen molar-refractivity contribution in [2.45, 2.75) is 26.7 Å². The van der Waals surface area contributed by atoms with Crippen LogP contribution in [0.25, 0.3) is 11.1 Å². The van der Waals surface area contributed by atoms with E-state index in [1.807, 2.05) is 72.8 Å². The van der Waals surface area contributed by atoms with E-state index in [0.29, 0.717) is 12.8 Å². The van der Waals surface area contributed by atoms with E-state index >= 15 is 0 Å². The van der Waals surface area contributed by atoms with Crippen molar-refractivity contribution in [3.8, 4) is 11.1 Å². The van der Waals surface area contributed by atoms with Crippen LogP contribution in [0.5, 0.6) is 0 Å². The number of nitrogens with zero attached hydrogens (tertiary/aromatic N) is 2. The van der Waals surface area contributed by atoms with Crippen LogP contribution in [0, 0.1) is 0 Å². The van der Waals surface area contributed by atoms with E-state index in [2.05, 4.69) is 10.2 Å². The highest BCUT2D eigenvalue weighted by atomic mass is 16.1. The van der Waals surface area contributed by atoms with Gasteiger partial charge >= 0.3 is 0 Å². The molecule has 0 aliphatic rings. The van der Waals surface area contributed by atoms with Crippen LogP contribution in [-0.2, 0) is 22.4 Å². The van der Waals surface area contributed by atoms with Crippen LogP contribution in [-0.4, -0.2) is 11.6 Å². The first-order valence-corrected chi connectivity index (χ1v) is 9.18. The highest BCUT2D eigenvalue weighted by molar-refractivity contribution is 5.79. The summed E-state index contributed by atoms with van der Waals surface area (Å²) in [5.74, 6) is 0.305. The van der Waals surface area contributed by atoms with Crippen molar-refractivity contribution in [2.24, 2.45) is 10.2 Å². The Morgan fingerprint density at radius 2 is 0.893 bits per heavy atom. The zero-order chi connectivity index (χ0) is 19.9. The van der Waals surface area contributed by atoms with Crippen molar-refractivity contribution in [1.29, 1.82) is 0 Å². The van der Waals surface area contributed by atoms with Gasteiger partial charge in [-0.2, -0.15) is 10.2 Å². The monoisotopic (exact) mass is 370 g/mol. The van der Waals surface area contributed by atoms with Crippen LogP contribution >= 0.6 is 0 Å². The lowest BCUT2D eigenvalue weighted by atomic mass is 10.0. The van der Waals surface area contributed by atoms with Gasteiger partial charge in [0.25, 0.3) is 0 Å². The fourth-order valence-electron chi connectivity index (χ4n) is 2.91. The van der Waals surface area contributed by atoms with Gasteiger partial charge in [0.05, 0.1) is 11.4 Å². The summed E-state index contributed by atoms with van der Waals surface area (Å²) in [4.78, 5) is 22.3. The van der Waals surface area contributed by atoms with Gasteiger partial charge in [0.15, 0.2) is 0 Å². The highest BCUT2D eigenvalue weighted by Crippen LogP contribution is 2.25. The second-order valence-corrected chi connectivity index (χ2v) is 6.87. The van der Waals surface area contributed by atoms with Crippen molar-refractivity contribution in [1.82, 2.24) is 0 Å². The van der Waals surface area contributed by atoms with Gasteiger partial charge in [0, 0.05) is 12.8 Å². The van der Waals surface area contributed by atoms with E-state index in [9.17, 15) is 9.59 Å². The van der Waals surface area contributed by atoms with Gasteiger partial charge in [-0.15, -0.1) is 0 Å². The molecule has 4 heteroatoms. The van der Waals surface area contributed by atoms with Crippen LogP contribution in [0.4, 0.5) is 11.4 Å². The Morgan fingerprint density at radius 3 is 1.29 bits per heavy atom. The van der Waals surface area contributed by atoms with Crippen molar-refractivity contribution < 1.29 is 9.59 Å². The minimum Gasteiger partial charge on any atom is -0.300 e. The number of hydrogen-bond acceptors (Lipinski definition) is 4. The third kappa shape index (κ3) is 5.55. The summed E-state index contributed by atoms with van der Waals surface area (Å²) >= 11 is 0. The van der Waals surface area contributed by atoms with Gasteiger partial charge in [-0.3, -0.25) is 9.59 Å². The number of rotatable bonds is 7. The average Bonchev–Trinajstić information content (AvgIpc) is 2.68. The molecule has 28 heavy (non-hydrogen) atoms. The molecule has 0 radical (unpaired) electrons. The summed E-state index contributed by atoms with van der Waals surface area (Å²) in [6.45, 7) is 3.18. The fourth-order valence-corrected chi connectivity index (χ4v) is 2.91. The fraction of sp³-hybridized carbons (Fsp3) is 0.167. The zero-order valence-corrected chi connectivity index (χ0v) is 16.1. The maximum Gasteiger partial charge on any atom is 0.134 e. The van der Waals surface area contributed by atoms with E-state index in [-0.39, 0.29) is 11.6 Å². The maximum absolute atomic E-state index is 11.2. The Kier molecular flexibility index (Phi) is 6.22. The predicted molar refractivity (Wildman–Crippen MR) is 111 cm³/mol. The van der Waals surface area contributed by atoms with Crippen LogP contribution in [0.3, 0.4) is 0 Å². The summed E-state index contributed by atoms with van der Waals surface area (Å²) in [5.41, 5.74) is 5.70. The smallest absolute Gasteiger partial charge is 0.134 e. The molecule has 0 spiro atoms. The number of hydrogen-bond donors (Lipinski definition) is 0. The maximum atomic E-state index is 11.2. The molecule has 0 heterocycles. The van der Waals surface area contributed by atoms with Gasteiger partial charge in [-0.1, -0.05) is 48.5 Å². The van der Waals surface area contributed by atoms with Gasteiger partial charge in [0.2, 0.25) is 0 Å². The molecule has 0 saturated heterocycles. The Morgan fingerprint density at radius 1 is 0.571 bits per heavy atom. The SMILES string of the molecule is CC(=O)Cc1ccc(N=Nc2ccc(-c3ccc(CC(C)=O)cc3)cc2)cc1. The number of Topliss-reactive ketones (excluding diaryl/α,β-unsaturated/α-hetero) is 2. The molecule has 4 nitrogen and oxygen atoms in total. The van der Waals surface area contributed by atoms with E-state index < -0.39 is 0 Å². The number of benzene rings is 3. The molecule has 3 aromatic carbocycles. The summed E-state index contributed by atoms with van der Waals surface area (Å²) in [6.07, 6.45) is 0.907. The van der Waals surface area contributed by atoms with E-state index in [1.165, 1.54) is 0 Å². The van der Waals surface area contributed by atoms with Gasteiger partial charge in [-0.05, 0) is 60.4 Å². The molecule has 0 bridgehead atoms. The molecule has 0 atom stereocenters. The topological polar surface area (TPSA) is 58.9 Å². The number of azo groups is 1. The molecule has 3 rings (SSSR count). The Labute approximate surface area is 165 Å². The molecule has 0 fully saturated rings. The number of carbonyl (C=O) groups is 2. The van der Waals surface area contributed by atoms with Crippen LogP contribution in [0.15, 0.2) is 83.0 Å². The summed E-state index contributed by atoms with van der Waals surface area (Å²) in [5, 5.41) is 8.52. The number of carbonyl (C=O) groups excluding carboxylic acids is 2. The molecule has 0 amide bonds. The van der Waals surface area contributed by atoms with E-state index in [4.69, 9.17) is 0 Å². The quantitative estimate of drug-likeness (QED) is 0.477.